The van der Waals surface area contributed by atoms with Crippen LogP contribution in [0.4, 0.5) is 0 Å². The number of hydrogen-bond donors (Lipinski definition) is 1. The van der Waals surface area contributed by atoms with Crippen molar-refractivity contribution in [2.75, 3.05) is 0 Å². The molecule has 0 spiro atoms. The van der Waals surface area contributed by atoms with Crippen molar-refractivity contribution in [3.8, 4) is 0 Å². The van der Waals surface area contributed by atoms with Crippen molar-refractivity contribution in [3.05, 3.63) is 0 Å². The Morgan fingerprint density at radius 1 is 1.21 bits per heavy atom. The lowest BCUT2D eigenvalue weighted by Gasteiger charge is -2.40. The highest BCUT2D eigenvalue weighted by atomic mass is 16.3. The molecule has 0 saturated heterocycles. The second kappa shape index (κ2) is 4.65. The smallest absolute Gasteiger partial charge is 0.0670 e. The predicted molar refractivity (Wildman–Crippen MR) is 61.2 cm³/mol. The average molecular weight is 198 g/mol. The molecule has 1 fully saturated rings. The molecule has 1 atom stereocenters. The summed E-state index contributed by atoms with van der Waals surface area (Å²) in [5, 5.41) is 10.4. The molecule has 0 bridgehead atoms. The lowest BCUT2D eigenvalue weighted by atomic mass is 9.70. The molecule has 1 heteroatoms. The van der Waals surface area contributed by atoms with Crippen LogP contribution in [0.3, 0.4) is 0 Å². The summed E-state index contributed by atoms with van der Waals surface area (Å²) in [6, 6.07) is 0. The maximum Gasteiger partial charge on any atom is 0.0670 e. The Labute approximate surface area is 88.9 Å². The minimum absolute atomic E-state index is 0.380. The Morgan fingerprint density at radius 3 is 2.07 bits per heavy atom. The molecule has 0 amide bonds. The third-order valence-corrected chi connectivity index (χ3v) is 4.42. The topological polar surface area (TPSA) is 20.2 Å². The molecular weight excluding hydrogens is 172 g/mol. The van der Waals surface area contributed by atoms with Crippen LogP contribution in [0.2, 0.25) is 0 Å². The highest BCUT2D eigenvalue weighted by Crippen LogP contribution is 2.39. The van der Waals surface area contributed by atoms with Crippen LogP contribution in [0, 0.1) is 17.8 Å². The van der Waals surface area contributed by atoms with Gasteiger partial charge in [0, 0.05) is 0 Å². The highest BCUT2D eigenvalue weighted by molar-refractivity contribution is 4.88. The molecule has 1 unspecified atom stereocenters. The van der Waals surface area contributed by atoms with E-state index in [4.69, 9.17) is 0 Å². The summed E-state index contributed by atoms with van der Waals surface area (Å²) in [6.45, 7) is 8.57. The first-order valence-electron chi connectivity index (χ1n) is 6.20. The Morgan fingerprint density at radius 2 is 1.71 bits per heavy atom. The Kier molecular flexibility index (Phi) is 4.00. The van der Waals surface area contributed by atoms with Crippen molar-refractivity contribution >= 4 is 0 Å². The predicted octanol–water partition coefficient (Wildman–Crippen LogP) is 3.61. The fraction of sp³-hybridized carbons (Fsp3) is 1.00. The van der Waals surface area contributed by atoms with Gasteiger partial charge >= 0.3 is 0 Å². The van der Waals surface area contributed by atoms with E-state index < -0.39 is 5.60 Å². The van der Waals surface area contributed by atoms with Crippen LogP contribution in [0.15, 0.2) is 0 Å². The van der Waals surface area contributed by atoms with Crippen molar-refractivity contribution in [3.63, 3.8) is 0 Å². The standard InChI is InChI=1S/C13H26O/c1-5-11-6-8-12(9-7-11)13(4,14)10(2)3/h10-12,14H,5-9H2,1-4H3. The van der Waals surface area contributed by atoms with Crippen molar-refractivity contribution in [2.45, 2.75) is 65.4 Å². The molecule has 0 aliphatic heterocycles. The molecule has 1 aliphatic rings. The van der Waals surface area contributed by atoms with Crippen LogP contribution in [-0.4, -0.2) is 10.7 Å². The molecule has 0 radical (unpaired) electrons. The number of rotatable bonds is 3. The van der Waals surface area contributed by atoms with E-state index in [1.54, 1.807) is 0 Å². The molecule has 14 heavy (non-hydrogen) atoms. The van der Waals surface area contributed by atoms with Crippen molar-refractivity contribution in [1.29, 1.82) is 0 Å². The third-order valence-electron chi connectivity index (χ3n) is 4.42. The lowest BCUT2D eigenvalue weighted by Crippen LogP contribution is -2.41. The number of aliphatic hydroxyl groups is 1. The summed E-state index contributed by atoms with van der Waals surface area (Å²) in [7, 11) is 0. The maximum atomic E-state index is 10.4. The molecule has 1 rings (SSSR count). The van der Waals surface area contributed by atoms with Gasteiger partial charge in [-0.15, -0.1) is 0 Å². The van der Waals surface area contributed by atoms with Gasteiger partial charge in [-0.1, -0.05) is 40.0 Å². The largest absolute Gasteiger partial charge is 0.390 e. The number of hydrogen-bond acceptors (Lipinski definition) is 1. The average Bonchev–Trinajstić information content (AvgIpc) is 2.17. The van der Waals surface area contributed by atoms with Crippen molar-refractivity contribution in [1.82, 2.24) is 0 Å². The van der Waals surface area contributed by atoms with Crippen LogP contribution in [0.5, 0.6) is 0 Å². The quantitative estimate of drug-likeness (QED) is 0.734. The molecule has 1 aliphatic carbocycles. The zero-order valence-corrected chi connectivity index (χ0v) is 10.2. The van der Waals surface area contributed by atoms with E-state index in [9.17, 15) is 5.11 Å². The molecule has 0 aromatic carbocycles. The van der Waals surface area contributed by atoms with Crippen LogP contribution < -0.4 is 0 Å². The van der Waals surface area contributed by atoms with Gasteiger partial charge in [0.25, 0.3) is 0 Å². The van der Waals surface area contributed by atoms with E-state index >= 15 is 0 Å². The molecular formula is C13H26O. The molecule has 84 valence electrons. The second-order valence-corrected chi connectivity index (χ2v) is 5.51. The molecule has 0 heterocycles. The van der Waals surface area contributed by atoms with Crippen LogP contribution in [-0.2, 0) is 0 Å². The SMILES string of the molecule is CCC1CCC(C(C)(O)C(C)C)CC1. The van der Waals surface area contributed by atoms with Gasteiger partial charge in [0.15, 0.2) is 0 Å². The van der Waals surface area contributed by atoms with Gasteiger partial charge in [0.2, 0.25) is 0 Å². The normalized spacial score (nSPS) is 33.0. The van der Waals surface area contributed by atoms with Crippen LogP contribution in [0.25, 0.3) is 0 Å². The summed E-state index contributed by atoms with van der Waals surface area (Å²) >= 11 is 0. The van der Waals surface area contributed by atoms with E-state index in [1.807, 2.05) is 6.92 Å². The first-order valence-corrected chi connectivity index (χ1v) is 6.20. The lowest BCUT2D eigenvalue weighted by molar-refractivity contribution is -0.0590. The van der Waals surface area contributed by atoms with Gasteiger partial charge in [-0.3, -0.25) is 0 Å². The van der Waals surface area contributed by atoms with Gasteiger partial charge in [0.05, 0.1) is 5.60 Å². The second-order valence-electron chi connectivity index (χ2n) is 5.51. The van der Waals surface area contributed by atoms with Crippen LogP contribution in [0.1, 0.15) is 59.8 Å². The fourth-order valence-corrected chi connectivity index (χ4v) is 2.63. The van der Waals surface area contributed by atoms with Gasteiger partial charge in [-0.05, 0) is 37.5 Å². The molecule has 1 saturated carbocycles. The monoisotopic (exact) mass is 198 g/mol. The summed E-state index contributed by atoms with van der Waals surface area (Å²) in [5.74, 6) is 1.84. The minimum atomic E-state index is -0.446. The summed E-state index contributed by atoms with van der Waals surface area (Å²) in [4.78, 5) is 0. The van der Waals surface area contributed by atoms with E-state index in [-0.39, 0.29) is 0 Å². The first kappa shape index (κ1) is 12.0. The van der Waals surface area contributed by atoms with E-state index in [0.717, 1.165) is 5.92 Å². The zero-order chi connectivity index (χ0) is 10.8. The van der Waals surface area contributed by atoms with Gasteiger partial charge in [0.1, 0.15) is 0 Å². The van der Waals surface area contributed by atoms with Gasteiger partial charge in [-0.2, -0.15) is 0 Å². The highest BCUT2D eigenvalue weighted by Gasteiger charge is 2.36. The van der Waals surface area contributed by atoms with Crippen molar-refractivity contribution in [2.24, 2.45) is 17.8 Å². The summed E-state index contributed by atoms with van der Waals surface area (Å²) in [6.07, 6.45) is 6.41. The summed E-state index contributed by atoms with van der Waals surface area (Å²) < 4.78 is 0. The zero-order valence-electron chi connectivity index (χ0n) is 10.2. The Balaban J connectivity index is 2.48. The van der Waals surface area contributed by atoms with Crippen LogP contribution >= 0.6 is 0 Å². The molecule has 1 N–H and O–H groups in total. The van der Waals surface area contributed by atoms with Gasteiger partial charge < -0.3 is 5.11 Å². The molecule has 0 aromatic heterocycles. The van der Waals surface area contributed by atoms with E-state index in [0.29, 0.717) is 11.8 Å². The summed E-state index contributed by atoms with van der Waals surface area (Å²) in [5.41, 5.74) is -0.446. The maximum absolute atomic E-state index is 10.4. The third kappa shape index (κ3) is 2.50. The Bertz CT molecular complexity index is 164. The van der Waals surface area contributed by atoms with E-state index in [1.165, 1.54) is 32.1 Å². The fourth-order valence-electron chi connectivity index (χ4n) is 2.63. The first-order chi connectivity index (χ1) is 6.48. The Hall–Kier alpha value is -0.0400. The molecule has 0 aromatic rings. The van der Waals surface area contributed by atoms with Crippen molar-refractivity contribution < 1.29 is 5.11 Å². The van der Waals surface area contributed by atoms with E-state index in [2.05, 4.69) is 20.8 Å². The molecule has 1 nitrogen and oxygen atoms in total. The van der Waals surface area contributed by atoms with Gasteiger partial charge in [-0.25, -0.2) is 0 Å². The minimum Gasteiger partial charge on any atom is -0.390 e.